The summed E-state index contributed by atoms with van der Waals surface area (Å²) in [6.45, 7) is 4.75. The number of rotatable bonds is 4. The fraction of sp³-hybridized carbons (Fsp3) is 0.800. The Morgan fingerprint density at radius 3 is 2.32 bits per heavy atom. The molecule has 0 radical (unpaired) electrons. The number of hydrogen-bond acceptors (Lipinski definition) is 5. The molecule has 3 heterocycles. The topological polar surface area (TPSA) is 91.6 Å². The average Bonchev–Trinajstić information content (AvgIpc) is 3.05. The molecule has 3 rings (SSSR count). The summed E-state index contributed by atoms with van der Waals surface area (Å²) in [6, 6.07) is -0.437. The summed E-state index contributed by atoms with van der Waals surface area (Å²) in [5, 5.41) is 4.02. The van der Waals surface area contributed by atoms with Crippen molar-refractivity contribution >= 4 is 16.1 Å². The van der Waals surface area contributed by atoms with Crippen molar-refractivity contribution in [3.05, 3.63) is 12.7 Å². The molecule has 2 fully saturated rings. The fourth-order valence-corrected chi connectivity index (χ4v) is 5.12. The van der Waals surface area contributed by atoms with E-state index < -0.39 is 16.3 Å². The molecule has 2 aliphatic heterocycles. The van der Waals surface area contributed by atoms with Crippen molar-refractivity contribution in [1.29, 1.82) is 0 Å². The molecular weight excluding hydrogens is 344 g/mol. The highest BCUT2D eigenvalue weighted by molar-refractivity contribution is 7.86. The van der Waals surface area contributed by atoms with Crippen LogP contribution in [0.15, 0.2) is 12.7 Å². The van der Waals surface area contributed by atoms with Gasteiger partial charge in [-0.1, -0.05) is 6.42 Å². The zero-order valence-electron chi connectivity index (χ0n) is 14.6. The Labute approximate surface area is 148 Å². The Kier molecular flexibility index (Phi) is 5.70. The molecule has 0 aromatic carbocycles. The number of nitrogens with zero attached hydrogens (tertiary/aromatic N) is 6. The summed E-state index contributed by atoms with van der Waals surface area (Å²) in [5.74, 6) is -0.0530. The summed E-state index contributed by atoms with van der Waals surface area (Å²) in [5.41, 5.74) is 0. The Hall–Kier alpha value is -1.52. The zero-order valence-corrected chi connectivity index (χ0v) is 15.4. The molecule has 1 amide bonds. The summed E-state index contributed by atoms with van der Waals surface area (Å²) < 4.78 is 30.3. The standard InChI is InChI=1S/C15H26N6O3S/c1-14(21-13-16-12-17-21)15(22)18-6-5-9-20(11-10-18)25(23,24)19-7-3-2-4-8-19/h12-14H,2-11H2,1H3/t14-/m1/s1. The third-order valence-corrected chi connectivity index (χ3v) is 6.96. The van der Waals surface area contributed by atoms with Crippen LogP contribution in [0.5, 0.6) is 0 Å². The van der Waals surface area contributed by atoms with Gasteiger partial charge in [-0.15, -0.1) is 0 Å². The first-order valence-electron chi connectivity index (χ1n) is 8.88. The number of carbonyl (C=O) groups is 1. The molecule has 25 heavy (non-hydrogen) atoms. The lowest BCUT2D eigenvalue weighted by atomic mass is 10.2. The van der Waals surface area contributed by atoms with Crippen molar-refractivity contribution in [1.82, 2.24) is 28.3 Å². The predicted octanol–water partition coefficient (Wildman–Crippen LogP) is 0.104. The second-order valence-electron chi connectivity index (χ2n) is 6.60. The van der Waals surface area contributed by atoms with Gasteiger partial charge < -0.3 is 4.90 Å². The first-order valence-corrected chi connectivity index (χ1v) is 10.3. The van der Waals surface area contributed by atoms with E-state index in [2.05, 4.69) is 10.1 Å². The number of hydrogen-bond donors (Lipinski definition) is 0. The summed E-state index contributed by atoms with van der Waals surface area (Å²) >= 11 is 0. The molecule has 1 aromatic heterocycles. The molecule has 1 atom stereocenters. The first kappa shape index (κ1) is 18.3. The predicted molar refractivity (Wildman–Crippen MR) is 91.8 cm³/mol. The van der Waals surface area contributed by atoms with Crippen LogP contribution in [0.4, 0.5) is 0 Å². The SMILES string of the molecule is C[C@H](C(=O)N1CCCN(S(=O)(=O)N2CCCCC2)CC1)n1cncn1. The molecule has 0 N–H and O–H groups in total. The van der Waals surface area contributed by atoms with Gasteiger partial charge in [-0.25, -0.2) is 9.67 Å². The Balaban J connectivity index is 1.63. The van der Waals surface area contributed by atoms with E-state index >= 15 is 0 Å². The number of aromatic nitrogens is 3. The lowest BCUT2D eigenvalue weighted by molar-refractivity contribution is -0.134. The molecule has 0 bridgehead atoms. The second-order valence-corrected chi connectivity index (χ2v) is 8.53. The molecule has 140 valence electrons. The number of piperidine rings is 1. The van der Waals surface area contributed by atoms with Crippen molar-refractivity contribution in [2.45, 2.75) is 38.6 Å². The highest BCUT2D eigenvalue weighted by atomic mass is 32.2. The molecular formula is C15H26N6O3S. The molecule has 2 aliphatic rings. The molecule has 9 nitrogen and oxygen atoms in total. The maximum atomic E-state index is 12.8. The van der Waals surface area contributed by atoms with E-state index in [-0.39, 0.29) is 5.91 Å². The largest absolute Gasteiger partial charge is 0.339 e. The monoisotopic (exact) mass is 370 g/mol. The minimum Gasteiger partial charge on any atom is -0.339 e. The van der Waals surface area contributed by atoms with Crippen LogP contribution in [0, 0.1) is 0 Å². The summed E-state index contributed by atoms with van der Waals surface area (Å²) in [7, 11) is -3.42. The van der Waals surface area contributed by atoms with Crippen molar-refractivity contribution in [2.24, 2.45) is 0 Å². The van der Waals surface area contributed by atoms with E-state index in [0.29, 0.717) is 45.7 Å². The van der Waals surface area contributed by atoms with Crippen LogP contribution in [-0.4, -0.2) is 81.9 Å². The zero-order chi connectivity index (χ0) is 17.9. The van der Waals surface area contributed by atoms with Gasteiger partial charge in [0.1, 0.15) is 18.7 Å². The molecule has 0 spiro atoms. The van der Waals surface area contributed by atoms with Crippen LogP contribution in [0.1, 0.15) is 38.6 Å². The smallest absolute Gasteiger partial charge is 0.282 e. The lowest BCUT2D eigenvalue weighted by Crippen LogP contribution is -2.47. The van der Waals surface area contributed by atoms with Gasteiger partial charge in [-0.05, 0) is 26.2 Å². The van der Waals surface area contributed by atoms with E-state index in [4.69, 9.17) is 0 Å². The molecule has 1 aromatic rings. The molecule has 2 saturated heterocycles. The Morgan fingerprint density at radius 2 is 1.64 bits per heavy atom. The van der Waals surface area contributed by atoms with Crippen molar-refractivity contribution in [2.75, 3.05) is 39.3 Å². The minimum atomic E-state index is -3.42. The van der Waals surface area contributed by atoms with Crippen molar-refractivity contribution in [3.8, 4) is 0 Å². The number of carbonyl (C=O) groups excluding carboxylic acids is 1. The van der Waals surface area contributed by atoms with E-state index in [0.717, 1.165) is 19.3 Å². The summed E-state index contributed by atoms with van der Waals surface area (Å²) in [6.07, 6.45) is 6.50. The van der Waals surface area contributed by atoms with Gasteiger partial charge in [0.15, 0.2) is 0 Å². The van der Waals surface area contributed by atoms with Crippen LogP contribution in [0.3, 0.4) is 0 Å². The molecule has 0 saturated carbocycles. The van der Waals surface area contributed by atoms with Crippen LogP contribution < -0.4 is 0 Å². The van der Waals surface area contributed by atoms with Crippen LogP contribution >= 0.6 is 0 Å². The maximum Gasteiger partial charge on any atom is 0.282 e. The third-order valence-electron chi connectivity index (χ3n) is 4.92. The maximum absolute atomic E-state index is 12.8. The number of amides is 1. The minimum absolute atomic E-state index is 0.0530. The molecule has 0 unspecified atom stereocenters. The van der Waals surface area contributed by atoms with E-state index in [1.165, 1.54) is 21.6 Å². The van der Waals surface area contributed by atoms with Gasteiger partial charge in [0.2, 0.25) is 5.91 Å². The van der Waals surface area contributed by atoms with Gasteiger partial charge in [0.05, 0.1) is 0 Å². The normalized spacial score (nSPS) is 22.5. The Morgan fingerprint density at radius 1 is 0.960 bits per heavy atom. The van der Waals surface area contributed by atoms with Crippen LogP contribution in [-0.2, 0) is 15.0 Å². The fourth-order valence-electron chi connectivity index (χ4n) is 3.40. The lowest BCUT2D eigenvalue weighted by Gasteiger charge is -2.31. The van der Waals surface area contributed by atoms with Crippen LogP contribution in [0.25, 0.3) is 0 Å². The van der Waals surface area contributed by atoms with Gasteiger partial charge >= 0.3 is 0 Å². The van der Waals surface area contributed by atoms with E-state index in [1.807, 2.05) is 0 Å². The summed E-state index contributed by atoms with van der Waals surface area (Å²) in [4.78, 5) is 18.3. The molecule has 10 heteroatoms. The van der Waals surface area contributed by atoms with Crippen molar-refractivity contribution in [3.63, 3.8) is 0 Å². The van der Waals surface area contributed by atoms with Gasteiger partial charge in [0, 0.05) is 39.3 Å². The third kappa shape index (κ3) is 4.01. The van der Waals surface area contributed by atoms with E-state index in [9.17, 15) is 13.2 Å². The highest BCUT2D eigenvalue weighted by Gasteiger charge is 2.33. The average molecular weight is 370 g/mol. The molecule has 0 aliphatic carbocycles. The first-order chi connectivity index (χ1) is 12.0. The van der Waals surface area contributed by atoms with Gasteiger partial charge in [0.25, 0.3) is 10.2 Å². The van der Waals surface area contributed by atoms with Crippen LogP contribution in [0.2, 0.25) is 0 Å². The Bertz CT molecular complexity index is 671. The van der Waals surface area contributed by atoms with Gasteiger partial charge in [-0.2, -0.15) is 22.1 Å². The van der Waals surface area contributed by atoms with Gasteiger partial charge in [-0.3, -0.25) is 4.79 Å². The highest BCUT2D eigenvalue weighted by Crippen LogP contribution is 2.19. The van der Waals surface area contributed by atoms with Crippen molar-refractivity contribution < 1.29 is 13.2 Å². The second kappa shape index (κ2) is 7.79. The van der Waals surface area contributed by atoms with E-state index in [1.54, 1.807) is 16.1 Å². The quantitative estimate of drug-likeness (QED) is 0.750.